The highest BCUT2D eigenvalue weighted by Gasteiger charge is 2.30. The van der Waals surface area contributed by atoms with Gasteiger partial charge in [-0.1, -0.05) is 30.3 Å². The number of carbonyl (C=O) groups excluding carboxylic acids is 3. The van der Waals surface area contributed by atoms with Crippen molar-refractivity contribution in [1.82, 2.24) is 16.0 Å². The number of nitrogens with zero attached hydrogens (tertiary/aromatic N) is 1. The molecule has 0 aliphatic rings. The van der Waals surface area contributed by atoms with E-state index in [0.717, 1.165) is 0 Å². The van der Waals surface area contributed by atoms with Gasteiger partial charge in [0.1, 0.15) is 18.1 Å². The van der Waals surface area contributed by atoms with Crippen LogP contribution in [0.5, 0.6) is 0 Å². The van der Waals surface area contributed by atoms with Crippen molar-refractivity contribution in [2.75, 3.05) is 12.3 Å². The summed E-state index contributed by atoms with van der Waals surface area (Å²) in [6.45, 7) is 0.138. The number of carboxylic acids is 2. The number of aliphatic imine (C=N–C) groups is 1. The van der Waals surface area contributed by atoms with Crippen LogP contribution in [0.4, 0.5) is 0 Å². The van der Waals surface area contributed by atoms with Crippen LogP contribution in [0.15, 0.2) is 35.3 Å². The second kappa shape index (κ2) is 16.0. The molecule has 0 radical (unpaired) electrons. The van der Waals surface area contributed by atoms with E-state index in [4.69, 9.17) is 22.3 Å². The minimum atomic E-state index is -1.41. The Morgan fingerprint density at radius 1 is 0.892 bits per heavy atom. The molecule has 4 atom stereocenters. The summed E-state index contributed by atoms with van der Waals surface area (Å²) in [6, 6.07) is 3.53. The Morgan fingerprint density at radius 3 is 2.00 bits per heavy atom. The third-order valence-corrected chi connectivity index (χ3v) is 5.39. The van der Waals surface area contributed by atoms with Gasteiger partial charge >= 0.3 is 11.9 Å². The van der Waals surface area contributed by atoms with Crippen molar-refractivity contribution in [2.24, 2.45) is 22.2 Å². The fourth-order valence-corrected chi connectivity index (χ4v) is 3.38. The maximum Gasteiger partial charge on any atom is 0.326 e. The number of rotatable bonds is 16. The normalized spacial score (nSPS) is 13.8. The number of nitrogens with one attached hydrogen (secondary N) is 3. The van der Waals surface area contributed by atoms with E-state index >= 15 is 0 Å². The van der Waals surface area contributed by atoms with Crippen molar-refractivity contribution in [3.05, 3.63) is 35.9 Å². The molecule has 1 aromatic carbocycles. The molecule has 0 spiro atoms. The number of hydrogen-bond acceptors (Lipinski definition) is 8. The summed E-state index contributed by atoms with van der Waals surface area (Å²) in [5.74, 6) is -5.37. The number of nitrogens with two attached hydrogens (primary N) is 3. The van der Waals surface area contributed by atoms with Gasteiger partial charge in [0, 0.05) is 18.7 Å². The maximum absolute atomic E-state index is 12.9. The van der Waals surface area contributed by atoms with Crippen molar-refractivity contribution < 1.29 is 34.2 Å². The summed E-state index contributed by atoms with van der Waals surface area (Å²) >= 11 is 4.08. The van der Waals surface area contributed by atoms with Crippen molar-refractivity contribution in [3.8, 4) is 0 Å². The molecule has 1 rings (SSSR count). The van der Waals surface area contributed by atoms with E-state index in [-0.39, 0.29) is 37.5 Å². The highest BCUT2D eigenvalue weighted by molar-refractivity contribution is 7.80. The zero-order chi connectivity index (χ0) is 28.0. The van der Waals surface area contributed by atoms with Gasteiger partial charge in [-0.2, -0.15) is 12.6 Å². The zero-order valence-corrected chi connectivity index (χ0v) is 20.9. The second-order valence-electron chi connectivity index (χ2n) is 8.05. The molecule has 15 heteroatoms. The van der Waals surface area contributed by atoms with Crippen LogP contribution in [0.2, 0.25) is 0 Å². The molecule has 0 fully saturated rings. The van der Waals surface area contributed by atoms with Crippen LogP contribution in [0.3, 0.4) is 0 Å². The van der Waals surface area contributed by atoms with Crippen LogP contribution < -0.4 is 33.2 Å². The standard InChI is InChI=1S/C22H33N7O7S/c23-13(10-17(30)31)18(32)27-14(7-4-8-26-22(24)25)19(33)29-16(11-37)20(34)28-15(21(35)36)9-12-5-2-1-3-6-12/h1-3,5-6,13-16,37H,4,7-11,23H2,(H,27,32)(H,28,34)(H,29,33)(H,30,31)(H,35,36)(H4,24,25,26). The SMILES string of the molecule is NC(N)=NCCCC(NC(=O)C(N)CC(=O)O)C(=O)NC(CS)C(=O)NC(Cc1ccccc1)C(=O)O. The molecule has 1 aromatic rings. The fourth-order valence-electron chi connectivity index (χ4n) is 3.12. The van der Waals surface area contributed by atoms with E-state index < -0.39 is 60.2 Å². The molecule has 4 unspecified atom stereocenters. The lowest BCUT2D eigenvalue weighted by Crippen LogP contribution is -2.58. The fraction of sp³-hybridized carbons (Fsp3) is 0.455. The van der Waals surface area contributed by atoms with Gasteiger partial charge in [0.05, 0.1) is 12.5 Å². The molecule has 0 saturated heterocycles. The number of amides is 3. The number of carboxylic acid groups (broad SMARTS) is 2. The first-order valence-corrected chi connectivity index (χ1v) is 11.9. The van der Waals surface area contributed by atoms with Gasteiger partial charge in [-0.05, 0) is 18.4 Å². The van der Waals surface area contributed by atoms with Crippen LogP contribution in [0.25, 0.3) is 0 Å². The number of aliphatic carboxylic acids is 2. The molecule has 0 bridgehead atoms. The maximum atomic E-state index is 12.9. The van der Waals surface area contributed by atoms with Gasteiger partial charge in [0.15, 0.2) is 5.96 Å². The van der Waals surface area contributed by atoms with Crippen LogP contribution in [-0.4, -0.2) is 82.3 Å². The Bertz CT molecular complexity index is 973. The molecular formula is C22H33N7O7S. The summed E-state index contributed by atoms with van der Waals surface area (Å²) in [6.07, 6.45) is -0.366. The molecule has 0 aliphatic heterocycles. The highest BCUT2D eigenvalue weighted by Crippen LogP contribution is 2.06. The number of guanidine groups is 1. The van der Waals surface area contributed by atoms with E-state index in [1.807, 2.05) is 0 Å². The molecule has 3 amide bonds. The van der Waals surface area contributed by atoms with E-state index in [1.165, 1.54) is 0 Å². The highest BCUT2D eigenvalue weighted by atomic mass is 32.1. The van der Waals surface area contributed by atoms with E-state index in [0.29, 0.717) is 5.56 Å². The van der Waals surface area contributed by atoms with Gasteiger partial charge < -0.3 is 43.4 Å². The molecule has 14 nitrogen and oxygen atoms in total. The summed E-state index contributed by atoms with van der Waals surface area (Å²) < 4.78 is 0. The average Bonchev–Trinajstić information content (AvgIpc) is 2.83. The minimum absolute atomic E-state index is 0.0140. The topological polar surface area (TPSA) is 252 Å². The van der Waals surface area contributed by atoms with Crippen molar-refractivity contribution in [2.45, 2.75) is 49.9 Å². The van der Waals surface area contributed by atoms with Crippen LogP contribution in [0, 0.1) is 0 Å². The Labute approximate surface area is 218 Å². The predicted octanol–water partition coefficient (Wildman–Crippen LogP) is -2.45. The Hall–Kier alpha value is -3.85. The molecule has 0 aromatic heterocycles. The summed E-state index contributed by atoms with van der Waals surface area (Å²) in [7, 11) is 0. The van der Waals surface area contributed by atoms with E-state index in [2.05, 4.69) is 33.6 Å². The Morgan fingerprint density at radius 2 is 1.46 bits per heavy atom. The Balaban J connectivity index is 2.91. The van der Waals surface area contributed by atoms with Gasteiger partial charge in [-0.25, -0.2) is 4.79 Å². The number of carbonyl (C=O) groups is 5. The quantitative estimate of drug-likeness (QED) is 0.0464. The monoisotopic (exact) mass is 539 g/mol. The largest absolute Gasteiger partial charge is 0.481 e. The minimum Gasteiger partial charge on any atom is -0.481 e. The first kappa shape index (κ1) is 31.2. The molecule has 0 saturated carbocycles. The van der Waals surface area contributed by atoms with Crippen LogP contribution in [0.1, 0.15) is 24.8 Å². The average molecular weight is 540 g/mol. The smallest absolute Gasteiger partial charge is 0.326 e. The van der Waals surface area contributed by atoms with E-state index in [9.17, 15) is 29.1 Å². The van der Waals surface area contributed by atoms with Gasteiger partial charge in [0.25, 0.3) is 0 Å². The third-order valence-electron chi connectivity index (χ3n) is 5.02. The lowest BCUT2D eigenvalue weighted by atomic mass is 10.1. The third kappa shape index (κ3) is 12.1. The molecule has 0 aliphatic carbocycles. The van der Waals surface area contributed by atoms with Crippen molar-refractivity contribution >= 4 is 48.2 Å². The molecular weight excluding hydrogens is 506 g/mol. The van der Waals surface area contributed by atoms with Gasteiger partial charge in [0.2, 0.25) is 17.7 Å². The lowest BCUT2D eigenvalue weighted by Gasteiger charge is -2.24. The summed E-state index contributed by atoms with van der Waals surface area (Å²) in [4.78, 5) is 64.3. The van der Waals surface area contributed by atoms with Crippen LogP contribution in [-0.2, 0) is 30.4 Å². The van der Waals surface area contributed by atoms with Gasteiger partial charge in [-0.3, -0.25) is 24.2 Å². The molecule has 11 N–H and O–H groups in total. The Kier molecular flexibility index (Phi) is 13.5. The van der Waals surface area contributed by atoms with E-state index in [1.54, 1.807) is 30.3 Å². The molecule has 37 heavy (non-hydrogen) atoms. The number of thiol groups is 1. The first-order valence-electron chi connectivity index (χ1n) is 11.3. The molecule has 204 valence electrons. The molecule has 0 heterocycles. The number of hydrogen-bond donors (Lipinski definition) is 9. The summed E-state index contributed by atoms with van der Waals surface area (Å²) in [5, 5.41) is 25.6. The van der Waals surface area contributed by atoms with Crippen molar-refractivity contribution in [1.29, 1.82) is 0 Å². The van der Waals surface area contributed by atoms with Crippen LogP contribution >= 0.6 is 12.6 Å². The van der Waals surface area contributed by atoms with Gasteiger partial charge in [-0.15, -0.1) is 0 Å². The second-order valence-corrected chi connectivity index (χ2v) is 8.41. The van der Waals surface area contributed by atoms with Crippen molar-refractivity contribution in [3.63, 3.8) is 0 Å². The first-order chi connectivity index (χ1) is 17.4. The number of benzene rings is 1. The lowest BCUT2D eigenvalue weighted by molar-refractivity contribution is -0.142. The predicted molar refractivity (Wildman–Crippen MR) is 138 cm³/mol. The summed E-state index contributed by atoms with van der Waals surface area (Å²) in [5.41, 5.74) is 16.8. The zero-order valence-electron chi connectivity index (χ0n) is 20.0.